The monoisotopic (exact) mass is 554 g/mol. The van der Waals surface area contributed by atoms with E-state index >= 15 is 0 Å². The second kappa shape index (κ2) is 13.6. The van der Waals surface area contributed by atoms with Gasteiger partial charge in [-0.15, -0.1) is 0 Å². The van der Waals surface area contributed by atoms with Crippen LogP contribution < -0.4 is 5.32 Å². The van der Waals surface area contributed by atoms with Gasteiger partial charge in [-0.1, -0.05) is 91.0 Å². The molecule has 0 saturated heterocycles. The van der Waals surface area contributed by atoms with Crippen molar-refractivity contribution in [3.63, 3.8) is 0 Å². The SMILES string of the molecule is CC(C)N(CC(O)C(=O)OCc1ccccc1)C(=O)N[C@@H](Cc1ccc(-c2ccc3ccccc3c2)cc1)C(=O)O. The molecule has 1 unspecified atom stereocenters. The van der Waals surface area contributed by atoms with Gasteiger partial charge in [0.2, 0.25) is 0 Å². The molecule has 0 fully saturated rings. The molecule has 0 heterocycles. The van der Waals surface area contributed by atoms with Crippen LogP contribution in [0.2, 0.25) is 0 Å². The summed E-state index contributed by atoms with van der Waals surface area (Å²) in [7, 11) is 0. The Balaban J connectivity index is 1.37. The van der Waals surface area contributed by atoms with E-state index in [-0.39, 0.29) is 19.6 Å². The molecule has 0 spiro atoms. The summed E-state index contributed by atoms with van der Waals surface area (Å²) < 4.78 is 5.17. The lowest BCUT2D eigenvalue weighted by Crippen LogP contribution is -2.53. The molecule has 0 bridgehead atoms. The third-order valence-corrected chi connectivity index (χ3v) is 6.82. The summed E-state index contributed by atoms with van der Waals surface area (Å²) in [5.74, 6) is -2.06. The highest BCUT2D eigenvalue weighted by molar-refractivity contribution is 5.87. The molecule has 212 valence electrons. The quantitative estimate of drug-likeness (QED) is 0.224. The third kappa shape index (κ3) is 7.93. The van der Waals surface area contributed by atoms with Crippen LogP contribution in [-0.2, 0) is 27.4 Å². The number of nitrogens with one attached hydrogen (secondary N) is 1. The molecular weight excluding hydrogens is 520 g/mol. The highest BCUT2D eigenvalue weighted by atomic mass is 16.5. The van der Waals surface area contributed by atoms with Crippen LogP contribution in [0.4, 0.5) is 4.79 Å². The summed E-state index contributed by atoms with van der Waals surface area (Å²) in [4.78, 5) is 38.7. The van der Waals surface area contributed by atoms with Gasteiger partial charge in [0.25, 0.3) is 0 Å². The number of rotatable bonds is 11. The Kier molecular flexibility index (Phi) is 9.71. The Hall–Kier alpha value is -4.69. The molecule has 3 N–H and O–H groups in total. The van der Waals surface area contributed by atoms with Crippen molar-refractivity contribution < 1.29 is 29.3 Å². The van der Waals surface area contributed by atoms with Gasteiger partial charge in [0, 0.05) is 12.5 Å². The number of amides is 2. The van der Waals surface area contributed by atoms with Crippen molar-refractivity contribution >= 4 is 28.7 Å². The molecule has 0 radical (unpaired) electrons. The largest absolute Gasteiger partial charge is 0.480 e. The van der Waals surface area contributed by atoms with Crippen molar-refractivity contribution in [3.05, 3.63) is 108 Å². The van der Waals surface area contributed by atoms with Gasteiger partial charge >= 0.3 is 18.0 Å². The van der Waals surface area contributed by atoms with Gasteiger partial charge in [0.1, 0.15) is 12.6 Å². The number of fused-ring (bicyclic) bond motifs is 1. The van der Waals surface area contributed by atoms with E-state index in [2.05, 4.69) is 29.6 Å². The van der Waals surface area contributed by atoms with Crippen molar-refractivity contribution in [2.24, 2.45) is 0 Å². The van der Waals surface area contributed by atoms with E-state index in [4.69, 9.17) is 4.74 Å². The van der Waals surface area contributed by atoms with Crippen LogP contribution in [0.3, 0.4) is 0 Å². The van der Waals surface area contributed by atoms with Crippen molar-refractivity contribution in [2.45, 2.75) is 45.1 Å². The number of ether oxygens (including phenoxy) is 1. The Morgan fingerprint density at radius 2 is 1.44 bits per heavy atom. The topological polar surface area (TPSA) is 116 Å². The van der Waals surface area contributed by atoms with E-state index in [1.54, 1.807) is 26.0 Å². The number of benzene rings is 4. The lowest BCUT2D eigenvalue weighted by atomic mass is 9.98. The van der Waals surface area contributed by atoms with Gasteiger partial charge in [0.05, 0.1) is 6.54 Å². The normalized spacial score (nSPS) is 12.5. The van der Waals surface area contributed by atoms with Gasteiger partial charge in [0.15, 0.2) is 6.10 Å². The summed E-state index contributed by atoms with van der Waals surface area (Å²) in [5.41, 5.74) is 3.55. The van der Waals surface area contributed by atoms with Crippen LogP contribution in [-0.4, -0.2) is 57.8 Å². The number of carbonyl (C=O) groups is 3. The highest BCUT2D eigenvalue weighted by Crippen LogP contribution is 2.25. The summed E-state index contributed by atoms with van der Waals surface area (Å²) >= 11 is 0. The van der Waals surface area contributed by atoms with Crippen LogP contribution >= 0.6 is 0 Å². The van der Waals surface area contributed by atoms with Gasteiger partial charge in [-0.05, 0) is 52.9 Å². The molecule has 4 rings (SSSR count). The summed E-state index contributed by atoms with van der Waals surface area (Å²) in [6, 6.07) is 28.6. The molecule has 0 saturated carbocycles. The Morgan fingerprint density at radius 1 is 0.805 bits per heavy atom. The highest BCUT2D eigenvalue weighted by Gasteiger charge is 2.29. The molecule has 41 heavy (non-hydrogen) atoms. The third-order valence-electron chi connectivity index (χ3n) is 6.82. The number of carbonyl (C=O) groups excluding carboxylic acids is 2. The summed E-state index contributed by atoms with van der Waals surface area (Å²) in [6.45, 7) is 3.07. The number of urea groups is 1. The molecule has 4 aromatic carbocycles. The Labute approximate surface area is 239 Å². The molecular formula is C33H34N2O6. The zero-order chi connectivity index (χ0) is 29.4. The summed E-state index contributed by atoms with van der Waals surface area (Å²) in [5, 5.41) is 25.1. The molecule has 0 aliphatic rings. The molecule has 8 heteroatoms. The minimum Gasteiger partial charge on any atom is -0.480 e. The number of aliphatic carboxylic acids is 1. The van der Waals surface area contributed by atoms with E-state index in [1.807, 2.05) is 60.7 Å². The molecule has 8 nitrogen and oxygen atoms in total. The van der Waals surface area contributed by atoms with Crippen LogP contribution in [0.5, 0.6) is 0 Å². The van der Waals surface area contributed by atoms with Crippen LogP contribution in [0.25, 0.3) is 21.9 Å². The van der Waals surface area contributed by atoms with Crippen molar-refractivity contribution in [3.8, 4) is 11.1 Å². The van der Waals surface area contributed by atoms with E-state index in [1.165, 1.54) is 4.90 Å². The molecule has 0 aromatic heterocycles. The fourth-order valence-electron chi connectivity index (χ4n) is 4.48. The van der Waals surface area contributed by atoms with Gasteiger partial charge < -0.3 is 25.2 Å². The second-order valence-electron chi connectivity index (χ2n) is 10.2. The van der Waals surface area contributed by atoms with Crippen molar-refractivity contribution in [1.29, 1.82) is 0 Å². The number of esters is 1. The molecule has 0 aliphatic heterocycles. The number of aliphatic hydroxyl groups excluding tert-OH is 1. The van der Waals surface area contributed by atoms with E-state index in [9.17, 15) is 24.6 Å². The predicted octanol–water partition coefficient (Wildman–Crippen LogP) is 5.03. The second-order valence-corrected chi connectivity index (χ2v) is 10.2. The average molecular weight is 555 g/mol. The minimum absolute atomic E-state index is 0.00858. The standard InChI is InChI=1S/C33H34N2O6/c1-22(2)35(20-30(36)32(39)41-21-24-8-4-3-5-9-24)33(40)34-29(31(37)38)18-23-12-14-26(15-13-23)28-17-16-25-10-6-7-11-27(25)19-28/h3-17,19,22,29-30,36H,18,20-21H2,1-2H3,(H,34,40)(H,37,38)/t29-,30?/m0/s1. The lowest BCUT2D eigenvalue weighted by molar-refractivity contribution is -0.155. The number of hydrogen-bond donors (Lipinski definition) is 3. The number of hydrogen-bond acceptors (Lipinski definition) is 5. The van der Waals surface area contributed by atoms with E-state index in [0.717, 1.165) is 33.0 Å². The Bertz CT molecular complexity index is 1490. The van der Waals surface area contributed by atoms with Gasteiger partial charge in [-0.2, -0.15) is 0 Å². The summed E-state index contributed by atoms with van der Waals surface area (Å²) in [6.07, 6.45) is -1.52. The number of carboxylic acid groups (broad SMARTS) is 1. The van der Waals surface area contributed by atoms with Crippen molar-refractivity contribution in [1.82, 2.24) is 10.2 Å². The Morgan fingerprint density at radius 3 is 2.10 bits per heavy atom. The number of carboxylic acids is 1. The number of nitrogens with zero attached hydrogens (tertiary/aromatic N) is 1. The van der Waals surface area contributed by atoms with E-state index in [0.29, 0.717) is 0 Å². The first-order valence-corrected chi connectivity index (χ1v) is 13.5. The zero-order valence-electron chi connectivity index (χ0n) is 23.1. The fourth-order valence-corrected chi connectivity index (χ4v) is 4.48. The average Bonchev–Trinajstić information content (AvgIpc) is 2.98. The maximum atomic E-state index is 13.1. The lowest BCUT2D eigenvalue weighted by Gasteiger charge is -2.30. The maximum absolute atomic E-state index is 13.1. The zero-order valence-corrected chi connectivity index (χ0v) is 23.1. The maximum Gasteiger partial charge on any atom is 0.337 e. The fraction of sp³-hybridized carbons (Fsp3) is 0.242. The first-order chi connectivity index (χ1) is 19.7. The first kappa shape index (κ1) is 29.3. The molecule has 2 amide bonds. The van der Waals surface area contributed by atoms with Crippen LogP contribution in [0.1, 0.15) is 25.0 Å². The van der Waals surface area contributed by atoms with Crippen LogP contribution in [0, 0.1) is 0 Å². The molecule has 4 aromatic rings. The number of aliphatic hydroxyl groups is 1. The smallest absolute Gasteiger partial charge is 0.337 e. The molecule has 2 atom stereocenters. The van der Waals surface area contributed by atoms with Crippen LogP contribution in [0.15, 0.2) is 97.1 Å². The van der Waals surface area contributed by atoms with Crippen molar-refractivity contribution in [2.75, 3.05) is 6.54 Å². The first-order valence-electron chi connectivity index (χ1n) is 13.5. The van der Waals surface area contributed by atoms with Gasteiger partial charge in [-0.25, -0.2) is 14.4 Å². The minimum atomic E-state index is -1.59. The predicted molar refractivity (Wildman–Crippen MR) is 157 cm³/mol. The van der Waals surface area contributed by atoms with Gasteiger partial charge in [-0.3, -0.25) is 0 Å². The molecule has 0 aliphatic carbocycles. The van der Waals surface area contributed by atoms with E-state index < -0.39 is 36.2 Å².